The molecule has 0 bridgehead atoms. The number of aryl methyl sites for hydroxylation is 2. The van der Waals surface area contributed by atoms with E-state index < -0.39 is 0 Å². The van der Waals surface area contributed by atoms with E-state index in [4.69, 9.17) is 9.47 Å². The second kappa shape index (κ2) is 4.75. The minimum atomic E-state index is 0.735. The summed E-state index contributed by atoms with van der Waals surface area (Å²) in [5, 5.41) is 3.12. The lowest BCUT2D eigenvalue weighted by Gasteiger charge is -2.11. The second-order valence-corrected chi connectivity index (χ2v) is 4.84. The highest BCUT2D eigenvalue weighted by atomic mass is 32.1. The highest BCUT2D eigenvalue weighted by molar-refractivity contribution is 7.09. The van der Waals surface area contributed by atoms with Crippen molar-refractivity contribution in [1.29, 1.82) is 0 Å². The Morgan fingerprint density at radius 1 is 1.06 bits per heavy atom. The number of aromatic nitrogens is 1. The van der Waals surface area contributed by atoms with Crippen molar-refractivity contribution in [1.82, 2.24) is 4.98 Å². The van der Waals surface area contributed by atoms with E-state index >= 15 is 0 Å². The van der Waals surface area contributed by atoms with E-state index in [1.54, 1.807) is 25.6 Å². The molecule has 1 aromatic carbocycles. The number of hydrogen-bond acceptors (Lipinski definition) is 4. The Morgan fingerprint density at radius 2 is 1.71 bits per heavy atom. The van der Waals surface area contributed by atoms with Gasteiger partial charge in [-0.2, -0.15) is 0 Å². The normalized spacial score (nSPS) is 10.4. The smallest absolute Gasteiger partial charge is 0.161 e. The van der Waals surface area contributed by atoms with Gasteiger partial charge in [0.25, 0.3) is 0 Å². The van der Waals surface area contributed by atoms with Crippen LogP contribution in [0.3, 0.4) is 0 Å². The topological polar surface area (TPSA) is 31.4 Å². The molecule has 4 heteroatoms. The third kappa shape index (κ3) is 2.26. The lowest BCUT2D eigenvalue weighted by molar-refractivity contribution is 0.355. The van der Waals surface area contributed by atoms with Crippen molar-refractivity contribution in [3.05, 3.63) is 28.1 Å². The lowest BCUT2D eigenvalue weighted by atomic mass is 10.1. The summed E-state index contributed by atoms with van der Waals surface area (Å²) in [7, 11) is 3.28. The predicted octanol–water partition coefficient (Wildman–Crippen LogP) is 3.44. The number of benzene rings is 1. The first kappa shape index (κ1) is 11.9. The average Bonchev–Trinajstić information content (AvgIpc) is 2.75. The van der Waals surface area contributed by atoms with Gasteiger partial charge in [0.1, 0.15) is 0 Å². The summed E-state index contributed by atoms with van der Waals surface area (Å²) >= 11 is 1.65. The Morgan fingerprint density at radius 3 is 2.24 bits per heavy atom. The van der Waals surface area contributed by atoms with Crippen LogP contribution in [0.2, 0.25) is 0 Å². The number of thiazole rings is 1. The van der Waals surface area contributed by atoms with E-state index in [1.165, 1.54) is 0 Å². The molecule has 1 aromatic heterocycles. The zero-order valence-electron chi connectivity index (χ0n) is 10.4. The molecule has 0 unspecified atom stereocenters. The summed E-state index contributed by atoms with van der Waals surface area (Å²) < 4.78 is 10.6. The van der Waals surface area contributed by atoms with E-state index in [2.05, 4.69) is 10.4 Å². The van der Waals surface area contributed by atoms with E-state index in [1.807, 2.05) is 26.0 Å². The SMILES string of the molecule is COc1cc(C)c(-c2csc(C)n2)cc1OC. The molecule has 17 heavy (non-hydrogen) atoms. The fourth-order valence-corrected chi connectivity index (χ4v) is 2.36. The number of nitrogens with zero attached hydrogens (tertiary/aromatic N) is 1. The summed E-state index contributed by atoms with van der Waals surface area (Å²) in [5.74, 6) is 1.49. The van der Waals surface area contributed by atoms with E-state index in [0.717, 1.165) is 33.3 Å². The number of ether oxygens (including phenoxy) is 2. The van der Waals surface area contributed by atoms with Crippen LogP contribution in [-0.4, -0.2) is 19.2 Å². The molecule has 1 heterocycles. The molecular formula is C13H15NO2S. The van der Waals surface area contributed by atoms with Gasteiger partial charge in [0.2, 0.25) is 0 Å². The molecule has 0 fully saturated rings. The highest BCUT2D eigenvalue weighted by Gasteiger charge is 2.11. The number of hydrogen-bond donors (Lipinski definition) is 0. The maximum Gasteiger partial charge on any atom is 0.161 e. The Hall–Kier alpha value is -1.55. The van der Waals surface area contributed by atoms with Crippen molar-refractivity contribution in [3.63, 3.8) is 0 Å². The van der Waals surface area contributed by atoms with Crippen LogP contribution in [0.4, 0.5) is 0 Å². The van der Waals surface area contributed by atoms with Crippen LogP contribution in [0.25, 0.3) is 11.3 Å². The van der Waals surface area contributed by atoms with Crippen LogP contribution in [0.1, 0.15) is 10.6 Å². The zero-order chi connectivity index (χ0) is 12.4. The zero-order valence-corrected chi connectivity index (χ0v) is 11.2. The molecule has 0 radical (unpaired) electrons. The Labute approximate surface area is 105 Å². The predicted molar refractivity (Wildman–Crippen MR) is 70.1 cm³/mol. The van der Waals surface area contributed by atoms with Crippen LogP contribution >= 0.6 is 11.3 Å². The van der Waals surface area contributed by atoms with Gasteiger partial charge in [-0.3, -0.25) is 0 Å². The van der Waals surface area contributed by atoms with Crippen molar-refractivity contribution in [3.8, 4) is 22.8 Å². The Kier molecular flexibility index (Phi) is 3.33. The molecule has 2 aromatic rings. The van der Waals surface area contributed by atoms with Crippen molar-refractivity contribution in [2.24, 2.45) is 0 Å². The van der Waals surface area contributed by atoms with E-state index in [9.17, 15) is 0 Å². The van der Waals surface area contributed by atoms with Crippen LogP contribution in [0.5, 0.6) is 11.5 Å². The molecular weight excluding hydrogens is 234 g/mol. The van der Waals surface area contributed by atoms with Crippen LogP contribution < -0.4 is 9.47 Å². The largest absolute Gasteiger partial charge is 0.493 e. The summed E-state index contributed by atoms with van der Waals surface area (Å²) in [6, 6.07) is 3.95. The molecule has 90 valence electrons. The van der Waals surface area contributed by atoms with Crippen LogP contribution in [0.15, 0.2) is 17.5 Å². The molecule has 0 saturated carbocycles. The first-order valence-corrected chi connectivity index (χ1v) is 6.18. The summed E-state index contributed by atoms with van der Waals surface area (Å²) in [6.07, 6.45) is 0. The van der Waals surface area contributed by atoms with E-state index in [-0.39, 0.29) is 0 Å². The average molecular weight is 249 g/mol. The first-order valence-electron chi connectivity index (χ1n) is 5.31. The first-order chi connectivity index (χ1) is 8.15. The molecule has 0 aliphatic carbocycles. The minimum absolute atomic E-state index is 0.735. The lowest BCUT2D eigenvalue weighted by Crippen LogP contribution is -1.93. The molecule has 3 nitrogen and oxygen atoms in total. The van der Waals surface area contributed by atoms with Crippen molar-refractivity contribution < 1.29 is 9.47 Å². The van der Waals surface area contributed by atoms with Gasteiger partial charge in [-0.05, 0) is 31.5 Å². The maximum atomic E-state index is 5.31. The fraction of sp³-hybridized carbons (Fsp3) is 0.308. The van der Waals surface area contributed by atoms with Gasteiger partial charge >= 0.3 is 0 Å². The minimum Gasteiger partial charge on any atom is -0.493 e. The molecule has 0 spiro atoms. The van der Waals surface area contributed by atoms with Gasteiger partial charge in [-0.1, -0.05) is 0 Å². The van der Waals surface area contributed by atoms with Gasteiger partial charge in [0, 0.05) is 10.9 Å². The second-order valence-electron chi connectivity index (χ2n) is 3.77. The summed E-state index contributed by atoms with van der Waals surface area (Å²) in [4.78, 5) is 4.49. The van der Waals surface area contributed by atoms with Crippen LogP contribution in [0, 0.1) is 13.8 Å². The third-order valence-corrected chi connectivity index (χ3v) is 3.40. The van der Waals surface area contributed by atoms with Gasteiger partial charge < -0.3 is 9.47 Å². The fourth-order valence-electron chi connectivity index (χ4n) is 1.74. The van der Waals surface area contributed by atoms with Gasteiger partial charge in [-0.25, -0.2) is 4.98 Å². The molecule has 0 N–H and O–H groups in total. The standard InChI is InChI=1S/C13H15NO2S/c1-8-5-12(15-3)13(16-4)6-10(8)11-7-17-9(2)14-11/h5-7H,1-4H3. The highest BCUT2D eigenvalue weighted by Crippen LogP contribution is 2.35. The third-order valence-electron chi connectivity index (χ3n) is 2.63. The quantitative estimate of drug-likeness (QED) is 0.835. The molecule has 0 saturated heterocycles. The van der Waals surface area contributed by atoms with Crippen molar-refractivity contribution >= 4 is 11.3 Å². The number of methoxy groups -OCH3 is 2. The summed E-state index contributed by atoms with van der Waals surface area (Å²) in [6.45, 7) is 4.05. The number of rotatable bonds is 3. The molecule has 0 aliphatic rings. The monoisotopic (exact) mass is 249 g/mol. The molecule has 0 atom stereocenters. The van der Waals surface area contributed by atoms with Gasteiger partial charge in [0.05, 0.1) is 24.9 Å². The molecule has 0 amide bonds. The van der Waals surface area contributed by atoms with Gasteiger partial charge in [-0.15, -0.1) is 11.3 Å². The summed E-state index contributed by atoms with van der Waals surface area (Å²) in [5.41, 5.74) is 3.21. The maximum absolute atomic E-state index is 5.31. The van der Waals surface area contributed by atoms with Gasteiger partial charge in [0.15, 0.2) is 11.5 Å². The Bertz CT molecular complexity index is 534. The molecule has 2 rings (SSSR count). The van der Waals surface area contributed by atoms with Crippen LogP contribution in [-0.2, 0) is 0 Å². The van der Waals surface area contributed by atoms with Crippen molar-refractivity contribution in [2.45, 2.75) is 13.8 Å². The molecule has 0 aliphatic heterocycles. The van der Waals surface area contributed by atoms with E-state index in [0.29, 0.717) is 0 Å². The Balaban J connectivity index is 2.55. The van der Waals surface area contributed by atoms with Crippen molar-refractivity contribution in [2.75, 3.05) is 14.2 Å².